The van der Waals surface area contributed by atoms with Crippen molar-refractivity contribution in [3.8, 4) is 17.1 Å². The van der Waals surface area contributed by atoms with Gasteiger partial charge in [0.15, 0.2) is 11.0 Å². The molecule has 3 aromatic rings. The molecule has 2 aromatic heterocycles. The molecule has 0 spiro atoms. The molecular formula is C21H24ClN5OS. The number of halogens is 1. The summed E-state index contributed by atoms with van der Waals surface area (Å²) in [6.45, 7) is 8.11. The molecule has 0 N–H and O–H groups in total. The van der Waals surface area contributed by atoms with E-state index in [-0.39, 0.29) is 18.0 Å². The molecule has 1 amide bonds. The minimum absolute atomic E-state index is 0.0797. The Morgan fingerprint density at radius 2 is 1.66 bits per heavy atom. The number of hydrogen-bond acceptors (Lipinski definition) is 5. The van der Waals surface area contributed by atoms with Crippen LogP contribution in [0.2, 0.25) is 5.02 Å². The molecule has 29 heavy (non-hydrogen) atoms. The fourth-order valence-corrected chi connectivity index (χ4v) is 4.19. The topological polar surface area (TPSA) is 63.9 Å². The fraction of sp³-hybridized carbons (Fsp3) is 0.333. The van der Waals surface area contributed by atoms with Crippen molar-refractivity contribution in [3.63, 3.8) is 0 Å². The Hall–Kier alpha value is -2.38. The maximum absolute atomic E-state index is 12.8. The molecule has 0 bridgehead atoms. The molecule has 0 atom stereocenters. The van der Waals surface area contributed by atoms with Crippen molar-refractivity contribution in [2.45, 2.75) is 44.9 Å². The van der Waals surface area contributed by atoms with E-state index in [1.54, 1.807) is 12.4 Å². The normalized spacial score (nSPS) is 11.3. The van der Waals surface area contributed by atoms with E-state index < -0.39 is 0 Å². The lowest BCUT2D eigenvalue weighted by Gasteiger charge is -2.30. The minimum atomic E-state index is 0.0797. The standard InChI is InChI=1S/C21H24ClN5OS/c1-14(2)26(15(3)4)19(28)13-29-21-25-24-20(16-9-11-23-12-10-16)27(21)18-7-5-17(22)6-8-18/h5-12,14-15H,13H2,1-4H3. The third-order valence-electron chi connectivity index (χ3n) is 4.38. The largest absolute Gasteiger partial charge is 0.337 e. The summed E-state index contributed by atoms with van der Waals surface area (Å²) in [7, 11) is 0. The highest BCUT2D eigenvalue weighted by atomic mass is 35.5. The Labute approximate surface area is 180 Å². The molecule has 8 heteroatoms. The van der Waals surface area contributed by atoms with Gasteiger partial charge in [0.05, 0.1) is 5.75 Å². The molecule has 0 unspecified atom stereocenters. The van der Waals surface area contributed by atoms with Gasteiger partial charge >= 0.3 is 0 Å². The molecule has 0 aliphatic carbocycles. The smallest absolute Gasteiger partial charge is 0.233 e. The summed E-state index contributed by atoms with van der Waals surface area (Å²) >= 11 is 7.44. The Morgan fingerprint density at radius 3 is 2.24 bits per heavy atom. The predicted octanol–water partition coefficient (Wildman–Crippen LogP) is 4.72. The first-order valence-corrected chi connectivity index (χ1v) is 10.8. The summed E-state index contributed by atoms with van der Waals surface area (Å²) < 4.78 is 1.94. The molecular weight excluding hydrogens is 406 g/mol. The second-order valence-corrected chi connectivity index (χ2v) is 8.51. The lowest BCUT2D eigenvalue weighted by atomic mass is 10.2. The van der Waals surface area contributed by atoms with Gasteiger partial charge in [0.1, 0.15) is 0 Å². The van der Waals surface area contributed by atoms with Crippen molar-refractivity contribution in [1.29, 1.82) is 0 Å². The average molecular weight is 430 g/mol. The molecule has 152 valence electrons. The second kappa shape index (κ2) is 9.41. The first-order chi connectivity index (χ1) is 13.9. The Kier molecular flexibility index (Phi) is 6.92. The van der Waals surface area contributed by atoms with E-state index in [2.05, 4.69) is 15.2 Å². The highest BCUT2D eigenvalue weighted by molar-refractivity contribution is 7.99. The summed E-state index contributed by atoms with van der Waals surface area (Å²) in [5.41, 5.74) is 1.78. The van der Waals surface area contributed by atoms with Gasteiger partial charge in [0.2, 0.25) is 5.91 Å². The van der Waals surface area contributed by atoms with Crippen molar-refractivity contribution in [2.75, 3.05) is 5.75 Å². The van der Waals surface area contributed by atoms with Gasteiger partial charge in [-0.2, -0.15) is 0 Å². The molecule has 3 rings (SSSR count). The maximum Gasteiger partial charge on any atom is 0.233 e. The van der Waals surface area contributed by atoms with Crippen LogP contribution >= 0.6 is 23.4 Å². The number of benzene rings is 1. The summed E-state index contributed by atoms with van der Waals surface area (Å²) in [5, 5.41) is 10.1. The van der Waals surface area contributed by atoms with E-state index in [0.29, 0.717) is 21.8 Å². The highest BCUT2D eigenvalue weighted by Crippen LogP contribution is 2.28. The number of hydrogen-bond donors (Lipinski definition) is 0. The van der Waals surface area contributed by atoms with Crippen LogP contribution in [0, 0.1) is 0 Å². The molecule has 0 aliphatic rings. The van der Waals surface area contributed by atoms with Crippen LogP contribution in [0.5, 0.6) is 0 Å². The molecule has 0 aliphatic heterocycles. The Balaban J connectivity index is 1.94. The molecule has 0 saturated carbocycles. The van der Waals surface area contributed by atoms with Crippen LogP contribution < -0.4 is 0 Å². The zero-order chi connectivity index (χ0) is 21.0. The first-order valence-electron chi connectivity index (χ1n) is 9.44. The van der Waals surface area contributed by atoms with Gasteiger partial charge in [-0.05, 0) is 64.1 Å². The summed E-state index contributed by atoms with van der Waals surface area (Å²) in [4.78, 5) is 18.8. The molecule has 0 radical (unpaired) electrons. The van der Waals surface area contributed by atoms with Crippen LogP contribution in [0.3, 0.4) is 0 Å². The van der Waals surface area contributed by atoms with Crippen LogP contribution in [0.1, 0.15) is 27.7 Å². The number of nitrogens with zero attached hydrogens (tertiary/aromatic N) is 5. The van der Waals surface area contributed by atoms with Gasteiger partial charge in [0.25, 0.3) is 0 Å². The highest BCUT2D eigenvalue weighted by Gasteiger charge is 2.22. The van der Waals surface area contributed by atoms with Gasteiger partial charge in [-0.1, -0.05) is 23.4 Å². The number of pyridine rings is 1. The summed E-state index contributed by atoms with van der Waals surface area (Å²) in [6, 6.07) is 11.5. The predicted molar refractivity (Wildman–Crippen MR) is 117 cm³/mol. The summed E-state index contributed by atoms with van der Waals surface area (Å²) in [6.07, 6.45) is 3.44. The molecule has 1 aromatic carbocycles. The monoisotopic (exact) mass is 429 g/mol. The van der Waals surface area contributed by atoms with Crippen LogP contribution in [0.15, 0.2) is 53.9 Å². The van der Waals surface area contributed by atoms with E-state index >= 15 is 0 Å². The third-order valence-corrected chi connectivity index (χ3v) is 5.55. The molecule has 0 saturated heterocycles. The van der Waals surface area contributed by atoms with E-state index in [1.165, 1.54) is 11.8 Å². The number of rotatable bonds is 7. The van der Waals surface area contributed by atoms with Crippen molar-refractivity contribution in [1.82, 2.24) is 24.6 Å². The molecule has 6 nitrogen and oxygen atoms in total. The van der Waals surface area contributed by atoms with Crippen molar-refractivity contribution < 1.29 is 4.79 Å². The molecule has 2 heterocycles. The quantitative estimate of drug-likeness (QED) is 0.508. The van der Waals surface area contributed by atoms with Crippen LogP contribution in [0.4, 0.5) is 0 Å². The van der Waals surface area contributed by atoms with Crippen molar-refractivity contribution in [3.05, 3.63) is 53.8 Å². The number of carbonyl (C=O) groups excluding carboxylic acids is 1. The second-order valence-electron chi connectivity index (χ2n) is 7.13. The first kappa shape index (κ1) is 21.3. The minimum Gasteiger partial charge on any atom is -0.337 e. The van der Waals surface area contributed by atoms with Crippen LogP contribution in [0.25, 0.3) is 17.1 Å². The van der Waals surface area contributed by atoms with Gasteiger partial charge in [-0.3, -0.25) is 14.3 Å². The van der Waals surface area contributed by atoms with Gasteiger partial charge in [-0.25, -0.2) is 0 Å². The number of amides is 1. The van der Waals surface area contributed by atoms with E-state index in [9.17, 15) is 4.79 Å². The van der Waals surface area contributed by atoms with E-state index in [4.69, 9.17) is 11.6 Å². The van der Waals surface area contributed by atoms with Crippen molar-refractivity contribution >= 4 is 29.3 Å². The zero-order valence-corrected chi connectivity index (χ0v) is 18.5. The Bertz CT molecular complexity index is 949. The number of thioether (sulfide) groups is 1. The lowest BCUT2D eigenvalue weighted by Crippen LogP contribution is -2.43. The van der Waals surface area contributed by atoms with Crippen LogP contribution in [-0.2, 0) is 4.79 Å². The van der Waals surface area contributed by atoms with E-state index in [0.717, 1.165) is 11.3 Å². The van der Waals surface area contributed by atoms with Gasteiger partial charge < -0.3 is 4.90 Å². The SMILES string of the molecule is CC(C)N(C(=O)CSc1nnc(-c2ccncc2)n1-c1ccc(Cl)cc1)C(C)C. The average Bonchev–Trinajstić information content (AvgIpc) is 3.11. The maximum atomic E-state index is 12.8. The third kappa shape index (κ3) is 4.97. The van der Waals surface area contributed by atoms with E-state index in [1.807, 2.05) is 73.6 Å². The number of aromatic nitrogens is 4. The molecule has 0 fully saturated rings. The number of carbonyl (C=O) groups is 1. The van der Waals surface area contributed by atoms with Crippen molar-refractivity contribution in [2.24, 2.45) is 0 Å². The lowest BCUT2D eigenvalue weighted by molar-refractivity contribution is -0.131. The zero-order valence-electron chi connectivity index (χ0n) is 16.9. The van der Waals surface area contributed by atoms with Crippen LogP contribution in [-0.4, -0.2) is 48.4 Å². The van der Waals surface area contributed by atoms with Gasteiger partial charge in [0, 0.05) is 40.8 Å². The summed E-state index contributed by atoms with van der Waals surface area (Å²) in [5.74, 6) is 1.06. The fourth-order valence-electron chi connectivity index (χ4n) is 3.25. The van der Waals surface area contributed by atoms with Gasteiger partial charge in [-0.15, -0.1) is 10.2 Å². The Morgan fingerprint density at radius 1 is 1.03 bits per heavy atom.